The summed E-state index contributed by atoms with van der Waals surface area (Å²) in [7, 11) is 0. The van der Waals surface area contributed by atoms with Gasteiger partial charge in [-0.1, -0.05) is 12.1 Å². The Kier molecular flexibility index (Phi) is 6.34. The van der Waals surface area contributed by atoms with Crippen molar-refractivity contribution in [3.05, 3.63) is 39.8 Å². The van der Waals surface area contributed by atoms with E-state index in [2.05, 4.69) is 32.5 Å². The van der Waals surface area contributed by atoms with Crippen molar-refractivity contribution >= 4 is 23.7 Å². The van der Waals surface area contributed by atoms with Gasteiger partial charge in [-0.25, -0.2) is 4.79 Å². The zero-order chi connectivity index (χ0) is 20.3. The Balaban J connectivity index is 1.16. The Hall–Kier alpha value is -1.50. The van der Waals surface area contributed by atoms with Crippen molar-refractivity contribution in [2.24, 2.45) is 0 Å². The molecule has 0 bridgehead atoms. The molecule has 1 unspecified atom stereocenters. The lowest BCUT2D eigenvalue weighted by atomic mass is 9.99. The average Bonchev–Trinajstić information content (AvgIpc) is 3.52. The summed E-state index contributed by atoms with van der Waals surface area (Å²) in [5.41, 5.74) is 6.77. The number of urea groups is 1. The van der Waals surface area contributed by atoms with E-state index in [1.54, 1.807) is 0 Å². The number of nitrogens with zero attached hydrogens (tertiary/aromatic N) is 1. The van der Waals surface area contributed by atoms with E-state index in [4.69, 9.17) is 4.74 Å². The molecule has 2 heterocycles. The lowest BCUT2D eigenvalue weighted by molar-refractivity contribution is 0.0350. The number of carbonyl (C=O) groups excluding carboxylic acids is 1. The molecule has 2 fully saturated rings. The number of amides is 2. The first kappa shape index (κ1) is 20.4. The van der Waals surface area contributed by atoms with E-state index in [9.17, 15) is 4.79 Å². The summed E-state index contributed by atoms with van der Waals surface area (Å²) >= 11 is 1.39. The molecule has 1 atom stereocenters. The molecule has 0 saturated carbocycles. The number of aryl methyl sites for hydroxylation is 2. The van der Waals surface area contributed by atoms with Crippen LogP contribution < -0.4 is 10.0 Å². The van der Waals surface area contributed by atoms with E-state index in [1.165, 1.54) is 66.4 Å². The summed E-state index contributed by atoms with van der Waals surface area (Å²) < 4.78 is 8.49. The second kappa shape index (κ2) is 9.33. The maximum Gasteiger partial charge on any atom is 0.329 e. The fourth-order valence-corrected chi connectivity index (χ4v) is 6.30. The van der Waals surface area contributed by atoms with Crippen LogP contribution in [0.3, 0.4) is 0 Å². The number of hydrogen-bond donors (Lipinski definition) is 2. The molecular formula is C24H33N3O2S. The van der Waals surface area contributed by atoms with Crippen molar-refractivity contribution < 1.29 is 9.53 Å². The normalized spacial score (nSPS) is 24.3. The van der Waals surface area contributed by atoms with E-state index >= 15 is 0 Å². The highest BCUT2D eigenvalue weighted by Gasteiger charge is 2.30. The Labute approximate surface area is 184 Å². The summed E-state index contributed by atoms with van der Waals surface area (Å²) in [5, 5.41) is 5.26. The number of fused-ring (bicyclic) bond motifs is 2. The van der Waals surface area contributed by atoms with Gasteiger partial charge < -0.3 is 10.1 Å². The summed E-state index contributed by atoms with van der Waals surface area (Å²) in [6.07, 6.45) is 13.9. The molecule has 2 N–H and O–H groups in total. The molecule has 0 spiro atoms. The highest BCUT2D eigenvalue weighted by atomic mass is 32.2. The van der Waals surface area contributed by atoms with Crippen molar-refractivity contribution in [2.45, 2.75) is 76.3 Å². The number of nitrogens with one attached hydrogen (secondary N) is 2. The van der Waals surface area contributed by atoms with Crippen molar-refractivity contribution in [1.29, 1.82) is 0 Å². The molecule has 2 amide bonds. The van der Waals surface area contributed by atoms with Crippen molar-refractivity contribution in [3.63, 3.8) is 0 Å². The molecule has 2 aliphatic carbocycles. The van der Waals surface area contributed by atoms with Crippen LogP contribution in [-0.2, 0) is 30.4 Å². The quantitative estimate of drug-likeness (QED) is 0.675. The highest BCUT2D eigenvalue weighted by molar-refractivity contribution is 8.00. The van der Waals surface area contributed by atoms with Crippen LogP contribution in [0, 0.1) is 0 Å². The molecule has 1 aromatic rings. The number of benzene rings is 1. The van der Waals surface area contributed by atoms with Gasteiger partial charge >= 0.3 is 6.03 Å². The van der Waals surface area contributed by atoms with Crippen LogP contribution in [0.25, 0.3) is 0 Å². The second-order valence-electron chi connectivity index (χ2n) is 9.03. The summed E-state index contributed by atoms with van der Waals surface area (Å²) in [6.45, 7) is 2.96. The van der Waals surface area contributed by atoms with Crippen LogP contribution in [0.5, 0.6) is 0 Å². The molecule has 0 radical (unpaired) electrons. The van der Waals surface area contributed by atoms with Gasteiger partial charge in [0.15, 0.2) is 0 Å². The maximum absolute atomic E-state index is 12.6. The average molecular weight is 428 g/mol. The first-order valence-corrected chi connectivity index (χ1v) is 12.6. The van der Waals surface area contributed by atoms with E-state index < -0.39 is 0 Å². The molecule has 6 heteroatoms. The van der Waals surface area contributed by atoms with E-state index in [-0.39, 0.29) is 6.03 Å². The Morgan fingerprint density at radius 3 is 2.50 bits per heavy atom. The van der Waals surface area contributed by atoms with Crippen molar-refractivity contribution in [1.82, 2.24) is 9.62 Å². The molecule has 2 saturated heterocycles. The third-order valence-electron chi connectivity index (χ3n) is 7.23. The molecule has 5 nitrogen and oxygen atoms in total. The third kappa shape index (κ3) is 4.27. The minimum atomic E-state index is -0.105. The molecule has 4 aliphatic rings. The minimum absolute atomic E-state index is 0.105. The Morgan fingerprint density at radius 2 is 1.77 bits per heavy atom. The highest BCUT2D eigenvalue weighted by Crippen LogP contribution is 2.38. The second-order valence-corrected chi connectivity index (χ2v) is 9.74. The first-order chi connectivity index (χ1) is 14.8. The van der Waals surface area contributed by atoms with E-state index in [1.807, 2.05) is 0 Å². The van der Waals surface area contributed by atoms with Gasteiger partial charge in [0, 0.05) is 31.0 Å². The van der Waals surface area contributed by atoms with Crippen LogP contribution in [0.1, 0.15) is 60.8 Å². The number of hydrogen-bond acceptors (Lipinski definition) is 4. The minimum Gasteiger partial charge on any atom is -0.381 e. The van der Waals surface area contributed by atoms with Crippen LogP contribution in [-0.4, -0.2) is 42.8 Å². The molecule has 162 valence electrons. The Bertz CT molecular complexity index is 787. The third-order valence-corrected chi connectivity index (χ3v) is 7.83. The van der Waals surface area contributed by atoms with Gasteiger partial charge in [-0.15, -0.1) is 0 Å². The smallest absolute Gasteiger partial charge is 0.329 e. The Morgan fingerprint density at radius 1 is 1.03 bits per heavy atom. The molecule has 0 aromatic heterocycles. The van der Waals surface area contributed by atoms with Gasteiger partial charge in [-0.05, 0) is 110 Å². The lowest BCUT2D eigenvalue weighted by Crippen LogP contribution is -2.41. The van der Waals surface area contributed by atoms with Gasteiger partial charge in [-0.2, -0.15) is 0 Å². The largest absolute Gasteiger partial charge is 0.381 e. The van der Waals surface area contributed by atoms with Gasteiger partial charge in [0.05, 0.1) is 0 Å². The number of rotatable bonds is 5. The molecule has 30 heavy (non-hydrogen) atoms. The van der Waals surface area contributed by atoms with Crippen LogP contribution >= 0.6 is 11.9 Å². The summed E-state index contributed by atoms with van der Waals surface area (Å²) in [6, 6.07) is 3.44. The predicted molar refractivity (Wildman–Crippen MR) is 123 cm³/mol. The first-order valence-electron chi connectivity index (χ1n) is 11.7. The summed E-state index contributed by atoms with van der Waals surface area (Å²) in [4.78, 5) is 15.3. The lowest BCUT2D eigenvalue weighted by Gasteiger charge is -2.34. The number of ether oxygens (including phenoxy) is 1. The van der Waals surface area contributed by atoms with E-state index in [0.29, 0.717) is 12.1 Å². The van der Waals surface area contributed by atoms with E-state index in [0.717, 1.165) is 57.4 Å². The van der Waals surface area contributed by atoms with Crippen LogP contribution in [0.4, 0.5) is 10.5 Å². The van der Waals surface area contributed by atoms with Gasteiger partial charge in [0.1, 0.15) is 0 Å². The zero-order valence-electron chi connectivity index (χ0n) is 17.8. The van der Waals surface area contributed by atoms with Crippen LogP contribution in [0.15, 0.2) is 17.6 Å². The number of likely N-dealkylation sites (tertiary alicyclic amines) is 1. The predicted octanol–water partition coefficient (Wildman–Crippen LogP) is 4.59. The van der Waals surface area contributed by atoms with Gasteiger partial charge in [-0.3, -0.25) is 9.62 Å². The van der Waals surface area contributed by atoms with Crippen molar-refractivity contribution in [2.75, 3.05) is 25.1 Å². The molecular weight excluding hydrogens is 394 g/mol. The molecule has 1 aromatic carbocycles. The summed E-state index contributed by atoms with van der Waals surface area (Å²) in [5.74, 6) is 0. The zero-order valence-corrected chi connectivity index (χ0v) is 18.6. The monoisotopic (exact) mass is 427 g/mol. The fourth-order valence-electron chi connectivity index (χ4n) is 5.82. The molecule has 2 aliphatic heterocycles. The SMILES string of the molecule is O=C(NS/C=C/C1CCCN1C1CCOCC1)Nc1c2c(cc3c1CCC3)CCC2. The standard InChI is InChI=1S/C24H33N3O2S/c28-24(25-23-21-7-1-4-17(21)16-18-5-2-8-22(18)23)26-30-15-11-19-6-3-12-27(19)20-9-13-29-14-10-20/h11,15-16,19-20H,1-10,12-14H2,(H2,25,26,28)/b15-11+. The fraction of sp³-hybridized carbons (Fsp3) is 0.625. The van der Waals surface area contributed by atoms with Gasteiger partial charge in [0.25, 0.3) is 0 Å². The number of carbonyl (C=O) groups is 1. The van der Waals surface area contributed by atoms with Crippen molar-refractivity contribution in [3.8, 4) is 0 Å². The maximum atomic E-state index is 12.6. The van der Waals surface area contributed by atoms with Gasteiger partial charge in [0.2, 0.25) is 0 Å². The topological polar surface area (TPSA) is 53.6 Å². The van der Waals surface area contributed by atoms with Crippen LogP contribution in [0.2, 0.25) is 0 Å². The number of anilines is 1. The molecule has 5 rings (SSSR count).